The molecule has 0 unspecified atom stereocenters. The van der Waals surface area contributed by atoms with Gasteiger partial charge >= 0.3 is 6.09 Å². The molecule has 34 heavy (non-hydrogen) atoms. The highest BCUT2D eigenvalue weighted by Gasteiger charge is 2.31. The van der Waals surface area contributed by atoms with Crippen LogP contribution >= 0.6 is 0 Å². The summed E-state index contributed by atoms with van der Waals surface area (Å²) >= 11 is 0. The predicted molar refractivity (Wildman–Crippen MR) is 124 cm³/mol. The van der Waals surface area contributed by atoms with Crippen LogP contribution in [-0.2, 0) is 9.53 Å². The van der Waals surface area contributed by atoms with Gasteiger partial charge in [0, 0.05) is 56.2 Å². The van der Waals surface area contributed by atoms with Crippen molar-refractivity contribution in [2.75, 3.05) is 26.2 Å². The van der Waals surface area contributed by atoms with Gasteiger partial charge in [-0.2, -0.15) is 10.1 Å². The molecule has 0 aliphatic carbocycles. The van der Waals surface area contributed by atoms with Crippen molar-refractivity contribution < 1.29 is 18.8 Å². The number of hydrogen-bond acceptors (Lipinski definition) is 7. The van der Waals surface area contributed by atoms with Gasteiger partial charge in [-0.25, -0.2) is 4.79 Å². The third-order valence-corrected chi connectivity index (χ3v) is 6.41. The molecule has 0 spiro atoms. The van der Waals surface area contributed by atoms with E-state index in [0.29, 0.717) is 37.9 Å². The Balaban J connectivity index is 1.24. The van der Waals surface area contributed by atoms with Gasteiger partial charge in [-0.3, -0.25) is 9.48 Å². The number of rotatable bonds is 3. The van der Waals surface area contributed by atoms with Crippen molar-refractivity contribution in [2.45, 2.75) is 58.1 Å². The van der Waals surface area contributed by atoms with Crippen LogP contribution in [0.25, 0.3) is 22.4 Å². The zero-order valence-electron chi connectivity index (χ0n) is 20.0. The first kappa shape index (κ1) is 22.4. The quantitative estimate of drug-likeness (QED) is 0.580. The summed E-state index contributed by atoms with van der Waals surface area (Å²) in [5.41, 5.74) is 1.17. The monoisotopic (exact) mass is 466 g/mol. The van der Waals surface area contributed by atoms with Crippen molar-refractivity contribution in [3.8, 4) is 11.5 Å². The number of carbonyl (C=O) groups excluding carboxylic acids is 2. The van der Waals surface area contributed by atoms with Crippen LogP contribution in [0.15, 0.2) is 28.9 Å². The number of fused-ring (bicyclic) bond motifs is 1. The van der Waals surface area contributed by atoms with Crippen LogP contribution in [0, 0.1) is 0 Å². The van der Waals surface area contributed by atoms with E-state index < -0.39 is 5.60 Å². The molecule has 2 saturated heterocycles. The van der Waals surface area contributed by atoms with Gasteiger partial charge in [0.1, 0.15) is 5.60 Å². The molecule has 10 nitrogen and oxygen atoms in total. The summed E-state index contributed by atoms with van der Waals surface area (Å²) in [6.45, 7) is 9.79. The molecule has 0 N–H and O–H groups in total. The number of ether oxygens (including phenoxy) is 1. The second kappa shape index (κ2) is 8.41. The molecule has 4 heterocycles. The van der Waals surface area contributed by atoms with Crippen LogP contribution in [0.1, 0.15) is 58.3 Å². The molecular formula is C24H30N6O4. The van der Waals surface area contributed by atoms with E-state index in [1.807, 2.05) is 49.8 Å². The number of likely N-dealkylation sites (tertiary alicyclic amines) is 2. The van der Waals surface area contributed by atoms with E-state index in [-0.39, 0.29) is 24.0 Å². The second-order valence-electron chi connectivity index (χ2n) is 10.2. The largest absolute Gasteiger partial charge is 0.444 e. The molecule has 2 fully saturated rings. The maximum absolute atomic E-state index is 12.3. The summed E-state index contributed by atoms with van der Waals surface area (Å²) in [7, 11) is 0. The Labute approximate surface area is 197 Å². The van der Waals surface area contributed by atoms with Crippen LogP contribution in [0.3, 0.4) is 0 Å². The first-order chi connectivity index (χ1) is 16.2. The van der Waals surface area contributed by atoms with Gasteiger partial charge in [-0.05, 0) is 45.7 Å². The number of nitrogens with zero attached hydrogens (tertiary/aromatic N) is 6. The fraction of sp³-hybridized carbons (Fsp3) is 0.542. The summed E-state index contributed by atoms with van der Waals surface area (Å²) in [6.07, 6.45) is 3.27. The molecule has 5 rings (SSSR count). The highest BCUT2D eigenvalue weighted by atomic mass is 16.6. The minimum atomic E-state index is -0.500. The van der Waals surface area contributed by atoms with Crippen molar-refractivity contribution in [1.82, 2.24) is 29.7 Å². The topological polar surface area (TPSA) is 107 Å². The van der Waals surface area contributed by atoms with Crippen LogP contribution in [0.2, 0.25) is 0 Å². The average molecular weight is 467 g/mol. The van der Waals surface area contributed by atoms with Gasteiger partial charge in [-0.1, -0.05) is 11.2 Å². The predicted octanol–water partition coefficient (Wildman–Crippen LogP) is 3.60. The number of hydrogen-bond donors (Lipinski definition) is 0. The molecule has 2 aliphatic heterocycles. The van der Waals surface area contributed by atoms with Crippen molar-refractivity contribution in [3.63, 3.8) is 0 Å². The third kappa shape index (κ3) is 4.49. The Morgan fingerprint density at radius 3 is 2.53 bits per heavy atom. The summed E-state index contributed by atoms with van der Waals surface area (Å²) in [6, 6.07) is 6.12. The van der Waals surface area contributed by atoms with E-state index in [4.69, 9.17) is 14.4 Å². The summed E-state index contributed by atoms with van der Waals surface area (Å²) in [4.78, 5) is 31.9. The van der Waals surface area contributed by atoms with E-state index in [1.54, 1.807) is 16.7 Å². The molecule has 0 atom stereocenters. The van der Waals surface area contributed by atoms with Crippen LogP contribution in [-0.4, -0.2) is 73.5 Å². The van der Waals surface area contributed by atoms with Crippen molar-refractivity contribution in [2.24, 2.45) is 0 Å². The standard InChI is InChI=1S/C24H30N6O4/c1-15(31)29-13-19(14-29)30-12-18-6-5-17(11-20(18)26-30)22-25-21(27-34-22)16-7-9-28(10-8-16)23(32)33-24(2,3)4/h5-6,11-12,16,19H,7-10,13-14H2,1-4H3. The SMILES string of the molecule is CC(=O)N1CC(n2cc3ccc(-c4nc(C5CCN(C(=O)OC(C)(C)C)CC5)no4)cc3n2)C1. The average Bonchev–Trinajstić information content (AvgIpc) is 3.38. The van der Waals surface area contributed by atoms with Crippen LogP contribution in [0.5, 0.6) is 0 Å². The smallest absolute Gasteiger partial charge is 0.410 e. The van der Waals surface area contributed by atoms with Gasteiger partial charge in [0.05, 0.1) is 11.6 Å². The van der Waals surface area contributed by atoms with Crippen LogP contribution < -0.4 is 0 Å². The Kier molecular flexibility index (Phi) is 5.53. The summed E-state index contributed by atoms with van der Waals surface area (Å²) in [5.74, 6) is 1.37. The number of piperidine rings is 1. The minimum Gasteiger partial charge on any atom is -0.444 e. The van der Waals surface area contributed by atoms with Gasteiger partial charge in [0.15, 0.2) is 5.82 Å². The first-order valence-corrected chi connectivity index (χ1v) is 11.7. The highest BCUT2D eigenvalue weighted by molar-refractivity contribution is 5.82. The number of aromatic nitrogens is 4. The maximum atomic E-state index is 12.3. The van der Waals surface area contributed by atoms with E-state index in [1.165, 1.54) is 0 Å². The molecule has 1 aromatic carbocycles. The lowest BCUT2D eigenvalue weighted by Gasteiger charge is -2.38. The fourth-order valence-electron chi connectivity index (χ4n) is 4.40. The Bertz CT molecular complexity index is 1210. The van der Waals surface area contributed by atoms with Gasteiger partial charge in [0.25, 0.3) is 5.89 Å². The van der Waals surface area contributed by atoms with Crippen molar-refractivity contribution >= 4 is 22.9 Å². The molecular weight excluding hydrogens is 436 g/mol. The van der Waals surface area contributed by atoms with E-state index in [0.717, 1.165) is 29.3 Å². The molecule has 2 aromatic heterocycles. The molecule has 0 bridgehead atoms. The molecule has 3 aromatic rings. The zero-order valence-corrected chi connectivity index (χ0v) is 20.0. The molecule has 10 heteroatoms. The third-order valence-electron chi connectivity index (χ3n) is 6.41. The lowest BCUT2D eigenvalue weighted by Crippen LogP contribution is -2.49. The minimum absolute atomic E-state index is 0.0953. The van der Waals surface area contributed by atoms with E-state index in [9.17, 15) is 9.59 Å². The highest BCUT2D eigenvalue weighted by Crippen LogP contribution is 2.30. The van der Waals surface area contributed by atoms with Gasteiger partial charge in [0.2, 0.25) is 5.91 Å². The Hall–Kier alpha value is -3.43. The molecule has 2 amide bonds. The van der Waals surface area contributed by atoms with E-state index in [2.05, 4.69) is 10.1 Å². The second-order valence-corrected chi connectivity index (χ2v) is 10.2. The van der Waals surface area contributed by atoms with E-state index >= 15 is 0 Å². The normalized spacial score (nSPS) is 17.8. The Morgan fingerprint density at radius 1 is 1.12 bits per heavy atom. The van der Waals surface area contributed by atoms with Crippen molar-refractivity contribution in [3.05, 3.63) is 30.2 Å². The fourth-order valence-corrected chi connectivity index (χ4v) is 4.40. The Morgan fingerprint density at radius 2 is 1.85 bits per heavy atom. The zero-order chi connectivity index (χ0) is 24.0. The van der Waals surface area contributed by atoms with Gasteiger partial charge < -0.3 is 19.1 Å². The molecule has 2 aliphatic rings. The van der Waals surface area contributed by atoms with Crippen molar-refractivity contribution in [1.29, 1.82) is 0 Å². The lowest BCUT2D eigenvalue weighted by molar-refractivity contribution is -0.134. The van der Waals surface area contributed by atoms with Crippen LogP contribution in [0.4, 0.5) is 4.79 Å². The lowest BCUT2D eigenvalue weighted by atomic mass is 9.96. The summed E-state index contributed by atoms with van der Waals surface area (Å²) in [5, 5.41) is 9.95. The van der Waals surface area contributed by atoms with Gasteiger partial charge in [-0.15, -0.1) is 0 Å². The molecule has 0 saturated carbocycles. The number of benzene rings is 1. The number of amides is 2. The number of carbonyl (C=O) groups is 2. The summed E-state index contributed by atoms with van der Waals surface area (Å²) < 4.78 is 13.0. The first-order valence-electron chi connectivity index (χ1n) is 11.7. The molecule has 0 radical (unpaired) electrons. The maximum Gasteiger partial charge on any atom is 0.410 e. The molecule has 180 valence electrons.